The minimum Gasteiger partial charge on any atom is -0.481 e. The fourth-order valence-electron chi connectivity index (χ4n) is 2.28. The van der Waals surface area contributed by atoms with Crippen LogP contribution in [0.2, 0.25) is 0 Å². The van der Waals surface area contributed by atoms with Crippen LogP contribution in [0, 0.1) is 11.3 Å². The minimum absolute atomic E-state index is 0.0328. The summed E-state index contributed by atoms with van der Waals surface area (Å²) in [6.45, 7) is 3.25. The van der Waals surface area contributed by atoms with E-state index in [1.807, 2.05) is 0 Å². The van der Waals surface area contributed by atoms with E-state index < -0.39 is 33.3 Å². The third-order valence-corrected chi connectivity index (χ3v) is 5.61. The monoisotopic (exact) mass is 307 g/mol. The van der Waals surface area contributed by atoms with Crippen molar-refractivity contribution in [1.29, 1.82) is 0 Å². The van der Waals surface area contributed by atoms with Crippen molar-refractivity contribution in [2.45, 2.75) is 26.7 Å². The van der Waals surface area contributed by atoms with Crippen molar-refractivity contribution in [3.8, 4) is 0 Å². The number of carbonyl (C=O) groups excluding carboxylic acids is 1. The van der Waals surface area contributed by atoms with Gasteiger partial charge in [-0.15, -0.1) is 0 Å². The molecule has 1 N–H and O–H groups in total. The topological polar surface area (TPSA) is 101 Å². The number of ether oxygens (including phenoxy) is 1. The molecule has 0 aliphatic carbocycles. The number of piperidine rings is 1. The summed E-state index contributed by atoms with van der Waals surface area (Å²) in [6.07, 6.45) is 0.983. The van der Waals surface area contributed by atoms with E-state index in [1.54, 1.807) is 0 Å². The fraction of sp³-hybridized carbons (Fsp3) is 0.833. The lowest BCUT2D eigenvalue weighted by Gasteiger charge is -2.32. The van der Waals surface area contributed by atoms with Crippen LogP contribution in [0.4, 0.5) is 0 Å². The molecule has 0 saturated carbocycles. The number of nitrogens with zero attached hydrogens (tertiary/aromatic N) is 1. The average molecular weight is 307 g/mol. The number of hydrogen-bond acceptors (Lipinski definition) is 5. The van der Waals surface area contributed by atoms with Gasteiger partial charge < -0.3 is 9.84 Å². The number of carboxylic acid groups (broad SMARTS) is 1. The predicted molar refractivity (Wildman–Crippen MR) is 71.5 cm³/mol. The lowest BCUT2D eigenvalue weighted by Crippen LogP contribution is -2.46. The van der Waals surface area contributed by atoms with E-state index in [-0.39, 0.29) is 12.3 Å². The highest BCUT2D eigenvalue weighted by molar-refractivity contribution is 7.89. The molecule has 1 fully saturated rings. The third-order valence-electron chi connectivity index (χ3n) is 3.41. The normalized spacial score (nSPS) is 21.4. The van der Waals surface area contributed by atoms with Crippen LogP contribution >= 0.6 is 0 Å². The second-order valence-electron chi connectivity index (χ2n) is 5.67. The van der Waals surface area contributed by atoms with Gasteiger partial charge in [-0.05, 0) is 26.7 Å². The molecule has 1 saturated heterocycles. The van der Waals surface area contributed by atoms with Crippen LogP contribution in [0.15, 0.2) is 0 Å². The van der Waals surface area contributed by atoms with E-state index >= 15 is 0 Å². The molecule has 0 spiro atoms. The molecule has 1 atom stereocenters. The number of carboxylic acids is 1. The molecule has 0 aromatic carbocycles. The van der Waals surface area contributed by atoms with Crippen LogP contribution in [-0.4, -0.2) is 55.7 Å². The van der Waals surface area contributed by atoms with Gasteiger partial charge in [0, 0.05) is 13.1 Å². The van der Waals surface area contributed by atoms with Crippen molar-refractivity contribution in [1.82, 2.24) is 4.31 Å². The predicted octanol–water partition coefficient (Wildman–Crippen LogP) is 0.312. The first-order valence-electron chi connectivity index (χ1n) is 6.39. The molecule has 0 aromatic heterocycles. The van der Waals surface area contributed by atoms with Crippen LogP contribution in [0.25, 0.3) is 0 Å². The van der Waals surface area contributed by atoms with Crippen LogP contribution in [-0.2, 0) is 24.3 Å². The lowest BCUT2D eigenvalue weighted by molar-refractivity contribution is -0.149. The SMILES string of the molecule is COC(=O)C(C)(C)CS(=O)(=O)N1CCCC(C(=O)O)C1. The Morgan fingerprint density at radius 3 is 2.50 bits per heavy atom. The van der Waals surface area contributed by atoms with E-state index in [1.165, 1.54) is 25.3 Å². The van der Waals surface area contributed by atoms with Crippen molar-refractivity contribution in [2.75, 3.05) is 26.0 Å². The zero-order chi connectivity index (χ0) is 15.6. The number of esters is 1. The highest BCUT2D eigenvalue weighted by atomic mass is 32.2. The summed E-state index contributed by atoms with van der Waals surface area (Å²) in [4.78, 5) is 22.5. The lowest BCUT2D eigenvalue weighted by atomic mass is 9.97. The first kappa shape index (κ1) is 16.9. The van der Waals surface area contributed by atoms with Crippen molar-refractivity contribution in [3.63, 3.8) is 0 Å². The van der Waals surface area contributed by atoms with Crippen LogP contribution in [0.5, 0.6) is 0 Å². The highest BCUT2D eigenvalue weighted by Gasteiger charge is 2.39. The number of rotatable bonds is 5. The molecule has 20 heavy (non-hydrogen) atoms. The van der Waals surface area contributed by atoms with Gasteiger partial charge in [0.2, 0.25) is 10.0 Å². The molecule has 0 radical (unpaired) electrons. The molecular formula is C12H21NO6S. The Balaban J connectivity index is 2.83. The molecular weight excluding hydrogens is 286 g/mol. The van der Waals surface area contributed by atoms with Gasteiger partial charge in [0.15, 0.2) is 0 Å². The number of hydrogen-bond donors (Lipinski definition) is 1. The van der Waals surface area contributed by atoms with Gasteiger partial charge in [0.25, 0.3) is 0 Å². The minimum atomic E-state index is -3.69. The maximum atomic E-state index is 12.3. The molecule has 0 amide bonds. The van der Waals surface area contributed by atoms with Gasteiger partial charge >= 0.3 is 11.9 Å². The quantitative estimate of drug-likeness (QED) is 0.734. The molecule has 1 rings (SSSR count). The molecule has 116 valence electrons. The number of aliphatic carboxylic acids is 1. The number of carbonyl (C=O) groups is 2. The zero-order valence-electron chi connectivity index (χ0n) is 12.0. The molecule has 1 heterocycles. The van der Waals surface area contributed by atoms with Crippen LogP contribution in [0.1, 0.15) is 26.7 Å². The van der Waals surface area contributed by atoms with Gasteiger partial charge in [0.05, 0.1) is 24.2 Å². The Kier molecular flexibility index (Phi) is 5.15. The summed E-state index contributed by atoms with van der Waals surface area (Å²) in [6, 6.07) is 0. The van der Waals surface area contributed by atoms with Crippen molar-refractivity contribution in [2.24, 2.45) is 11.3 Å². The molecule has 1 aliphatic heterocycles. The standard InChI is InChI=1S/C12H21NO6S/c1-12(2,11(16)19-3)8-20(17,18)13-6-4-5-9(7-13)10(14)15/h9H,4-8H2,1-3H3,(H,14,15). The Morgan fingerprint density at radius 1 is 1.40 bits per heavy atom. The summed E-state index contributed by atoms with van der Waals surface area (Å²) >= 11 is 0. The molecule has 8 heteroatoms. The summed E-state index contributed by atoms with van der Waals surface area (Å²) in [5.41, 5.74) is -1.16. The van der Waals surface area contributed by atoms with Gasteiger partial charge in [0.1, 0.15) is 0 Å². The second-order valence-corrected chi connectivity index (χ2v) is 7.64. The Morgan fingerprint density at radius 2 is 2.00 bits per heavy atom. The molecule has 1 unspecified atom stereocenters. The van der Waals surface area contributed by atoms with Crippen molar-refractivity contribution < 1.29 is 27.9 Å². The van der Waals surface area contributed by atoms with Gasteiger partial charge in [-0.2, -0.15) is 0 Å². The maximum Gasteiger partial charge on any atom is 0.312 e. The van der Waals surface area contributed by atoms with Crippen LogP contribution < -0.4 is 0 Å². The summed E-state index contributed by atoms with van der Waals surface area (Å²) in [7, 11) is -2.49. The van der Waals surface area contributed by atoms with E-state index in [4.69, 9.17) is 5.11 Å². The van der Waals surface area contributed by atoms with E-state index in [0.29, 0.717) is 19.4 Å². The fourth-order valence-corrected chi connectivity index (χ4v) is 4.31. The van der Waals surface area contributed by atoms with Crippen molar-refractivity contribution in [3.05, 3.63) is 0 Å². The zero-order valence-corrected chi connectivity index (χ0v) is 12.8. The van der Waals surface area contributed by atoms with E-state index in [2.05, 4.69) is 4.74 Å². The third kappa shape index (κ3) is 3.92. The van der Waals surface area contributed by atoms with Crippen LogP contribution in [0.3, 0.4) is 0 Å². The Bertz CT molecular complexity index is 484. The summed E-state index contributed by atoms with van der Waals surface area (Å²) in [5, 5.41) is 8.99. The number of sulfonamides is 1. The van der Waals surface area contributed by atoms with E-state index in [0.717, 1.165) is 0 Å². The molecule has 0 aromatic rings. The Labute approximate surface area is 118 Å². The number of methoxy groups -OCH3 is 1. The first-order chi connectivity index (χ1) is 9.10. The Hall–Kier alpha value is -1.15. The summed E-state index contributed by atoms with van der Waals surface area (Å²) < 4.78 is 30.4. The van der Waals surface area contributed by atoms with E-state index in [9.17, 15) is 18.0 Å². The molecule has 1 aliphatic rings. The van der Waals surface area contributed by atoms with Gasteiger partial charge in [-0.25, -0.2) is 12.7 Å². The largest absolute Gasteiger partial charge is 0.481 e. The van der Waals surface area contributed by atoms with Gasteiger partial charge in [-0.1, -0.05) is 0 Å². The highest BCUT2D eigenvalue weighted by Crippen LogP contribution is 2.25. The summed E-state index contributed by atoms with van der Waals surface area (Å²) in [5.74, 6) is -2.66. The first-order valence-corrected chi connectivity index (χ1v) is 8.00. The maximum absolute atomic E-state index is 12.3. The second kappa shape index (κ2) is 6.09. The smallest absolute Gasteiger partial charge is 0.312 e. The molecule has 7 nitrogen and oxygen atoms in total. The molecule has 0 bridgehead atoms. The van der Waals surface area contributed by atoms with Gasteiger partial charge in [-0.3, -0.25) is 9.59 Å². The van der Waals surface area contributed by atoms with Crippen molar-refractivity contribution >= 4 is 22.0 Å². The average Bonchev–Trinajstić information content (AvgIpc) is 2.36.